The minimum absolute atomic E-state index is 0.196. The third-order valence-corrected chi connectivity index (χ3v) is 6.41. The topological polar surface area (TPSA) is 78.5 Å². The number of hydrogen-bond acceptors (Lipinski definition) is 3. The predicted molar refractivity (Wildman–Crippen MR) is 133 cm³/mol. The average molecular weight is 476 g/mol. The molecule has 0 radical (unpaired) electrons. The smallest absolute Gasteiger partial charge is 0.256 e. The molecule has 4 rings (SSSR count). The van der Waals surface area contributed by atoms with Crippen molar-refractivity contribution < 1.29 is 14.4 Å². The van der Waals surface area contributed by atoms with E-state index < -0.39 is 6.04 Å². The summed E-state index contributed by atoms with van der Waals surface area (Å²) in [6, 6.07) is 19.5. The Morgan fingerprint density at radius 1 is 0.912 bits per heavy atom. The van der Waals surface area contributed by atoms with Crippen LogP contribution in [0.25, 0.3) is 0 Å². The Kier molecular flexibility index (Phi) is 6.98. The monoisotopic (exact) mass is 475 g/mol. The minimum atomic E-state index is -0.758. The highest BCUT2D eigenvalue weighted by Gasteiger charge is 2.35. The molecular weight excluding hydrogens is 450 g/mol. The first kappa shape index (κ1) is 23.5. The van der Waals surface area contributed by atoms with Gasteiger partial charge in [-0.2, -0.15) is 0 Å². The van der Waals surface area contributed by atoms with Gasteiger partial charge in [-0.05, 0) is 48.2 Å². The number of carbonyl (C=O) groups excluding carboxylic acids is 3. The van der Waals surface area contributed by atoms with Gasteiger partial charge in [0.15, 0.2) is 0 Å². The molecule has 0 fully saturated rings. The lowest BCUT2D eigenvalue weighted by Gasteiger charge is -2.36. The molecule has 0 spiro atoms. The zero-order valence-corrected chi connectivity index (χ0v) is 19.9. The number of amides is 3. The Labute approximate surface area is 203 Å². The van der Waals surface area contributed by atoms with Crippen LogP contribution in [0.2, 0.25) is 5.02 Å². The molecule has 7 heteroatoms. The Morgan fingerprint density at radius 2 is 1.56 bits per heavy atom. The zero-order valence-electron chi connectivity index (χ0n) is 19.1. The van der Waals surface area contributed by atoms with Crippen molar-refractivity contribution in [3.63, 3.8) is 0 Å². The van der Waals surface area contributed by atoms with Crippen molar-refractivity contribution in [1.29, 1.82) is 0 Å². The second kappa shape index (κ2) is 10.1. The molecule has 3 aromatic carbocycles. The first-order valence-corrected chi connectivity index (χ1v) is 11.5. The van der Waals surface area contributed by atoms with Crippen LogP contribution in [-0.4, -0.2) is 35.2 Å². The number of halogens is 1. The van der Waals surface area contributed by atoms with E-state index in [2.05, 4.69) is 10.6 Å². The minimum Gasteiger partial charge on any atom is -0.345 e. The maximum Gasteiger partial charge on any atom is 0.256 e. The summed E-state index contributed by atoms with van der Waals surface area (Å²) < 4.78 is 0. The maximum atomic E-state index is 13.4. The SMILES string of the molecule is Cc1cccc(C)c1NC(=O)CNC(=O)C1Cc2ccccc2CN1C(=O)c1ccccc1Cl. The van der Waals surface area contributed by atoms with E-state index in [9.17, 15) is 14.4 Å². The van der Waals surface area contributed by atoms with Crippen LogP contribution in [0.3, 0.4) is 0 Å². The van der Waals surface area contributed by atoms with Gasteiger partial charge < -0.3 is 15.5 Å². The zero-order chi connectivity index (χ0) is 24.2. The molecule has 3 aromatic rings. The van der Waals surface area contributed by atoms with E-state index in [4.69, 9.17) is 11.6 Å². The number of anilines is 1. The molecule has 0 saturated heterocycles. The summed E-state index contributed by atoms with van der Waals surface area (Å²) in [6.07, 6.45) is 0.358. The summed E-state index contributed by atoms with van der Waals surface area (Å²) in [4.78, 5) is 40.7. The standard InChI is InChI=1S/C27H26ClN3O3/c1-17-8-7-9-18(2)25(17)30-24(32)15-29-26(33)23-14-19-10-3-4-11-20(19)16-31(23)27(34)21-12-5-6-13-22(21)28/h3-13,23H,14-16H2,1-2H3,(H,29,33)(H,30,32). The number of benzene rings is 3. The molecule has 1 unspecified atom stereocenters. The molecular formula is C27H26ClN3O3. The summed E-state index contributed by atoms with van der Waals surface area (Å²) in [7, 11) is 0. The number of hydrogen-bond donors (Lipinski definition) is 2. The number of carbonyl (C=O) groups is 3. The van der Waals surface area contributed by atoms with Crippen LogP contribution in [0.5, 0.6) is 0 Å². The van der Waals surface area contributed by atoms with Crippen molar-refractivity contribution in [2.75, 3.05) is 11.9 Å². The summed E-state index contributed by atoms with van der Waals surface area (Å²) >= 11 is 6.27. The number of para-hydroxylation sites is 1. The number of rotatable bonds is 5. The fourth-order valence-electron chi connectivity index (χ4n) is 4.24. The van der Waals surface area contributed by atoms with Gasteiger partial charge in [-0.15, -0.1) is 0 Å². The van der Waals surface area contributed by atoms with E-state index >= 15 is 0 Å². The molecule has 3 amide bonds. The summed E-state index contributed by atoms with van der Waals surface area (Å²) in [6.45, 7) is 3.92. The highest BCUT2D eigenvalue weighted by molar-refractivity contribution is 6.33. The molecule has 0 aliphatic carbocycles. The molecule has 174 valence electrons. The summed E-state index contributed by atoms with van der Waals surface area (Å²) in [5.41, 5.74) is 4.96. The number of fused-ring (bicyclic) bond motifs is 1. The van der Waals surface area contributed by atoms with Crippen molar-refractivity contribution in [1.82, 2.24) is 10.2 Å². The molecule has 1 atom stereocenters. The highest BCUT2D eigenvalue weighted by atomic mass is 35.5. The third kappa shape index (κ3) is 4.97. The van der Waals surface area contributed by atoms with Crippen LogP contribution in [0.1, 0.15) is 32.6 Å². The van der Waals surface area contributed by atoms with Gasteiger partial charge >= 0.3 is 0 Å². The van der Waals surface area contributed by atoms with Gasteiger partial charge in [0, 0.05) is 18.7 Å². The van der Waals surface area contributed by atoms with Crippen molar-refractivity contribution >= 4 is 35.0 Å². The number of aryl methyl sites for hydroxylation is 2. The van der Waals surface area contributed by atoms with Crippen LogP contribution in [-0.2, 0) is 22.6 Å². The van der Waals surface area contributed by atoms with Crippen LogP contribution in [0.15, 0.2) is 66.7 Å². The van der Waals surface area contributed by atoms with E-state index in [0.717, 1.165) is 27.9 Å². The summed E-state index contributed by atoms with van der Waals surface area (Å²) in [5, 5.41) is 5.92. The lowest BCUT2D eigenvalue weighted by atomic mass is 9.92. The average Bonchev–Trinajstić information content (AvgIpc) is 2.84. The van der Waals surface area contributed by atoms with E-state index in [1.807, 2.05) is 56.3 Å². The Bertz CT molecular complexity index is 1240. The second-order valence-corrected chi connectivity index (χ2v) is 8.84. The molecule has 0 aromatic heterocycles. The van der Waals surface area contributed by atoms with Crippen molar-refractivity contribution in [2.24, 2.45) is 0 Å². The fourth-order valence-corrected chi connectivity index (χ4v) is 4.46. The first-order chi connectivity index (χ1) is 16.3. The Hall–Kier alpha value is -3.64. The molecule has 0 bridgehead atoms. The fraction of sp³-hybridized carbons (Fsp3) is 0.222. The molecule has 0 saturated carbocycles. The normalized spacial score (nSPS) is 14.8. The number of nitrogens with zero attached hydrogens (tertiary/aromatic N) is 1. The van der Waals surface area contributed by atoms with Crippen molar-refractivity contribution in [3.05, 3.63) is 99.6 Å². The van der Waals surface area contributed by atoms with Gasteiger partial charge in [0.25, 0.3) is 5.91 Å². The lowest BCUT2D eigenvalue weighted by Crippen LogP contribution is -2.53. The van der Waals surface area contributed by atoms with Gasteiger partial charge in [0.05, 0.1) is 17.1 Å². The number of nitrogens with one attached hydrogen (secondary N) is 2. The maximum absolute atomic E-state index is 13.4. The molecule has 6 nitrogen and oxygen atoms in total. The Balaban J connectivity index is 1.51. The van der Waals surface area contributed by atoms with Crippen molar-refractivity contribution in [3.8, 4) is 0 Å². The summed E-state index contributed by atoms with van der Waals surface area (Å²) in [5.74, 6) is -1.03. The van der Waals surface area contributed by atoms with Crippen LogP contribution in [0, 0.1) is 13.8 Å². The van der Waals surface area contributed by atoms with Gasteiger partial charge in [0.1, 0.15) is 6.04 Å². The lowest BCUT2D eigenvalue weighted by molar-refractivity contribution is -0.128. The van der Waals surface area contributed by atoms with Crippen LogP contribution in [0.4, 0.5) is 5.69 Å². The van der Waals surface area contributed by atoms with Gasteiger partial charge in [-0.25, -0.2) is 0 Å². The largest absolute Gasteiger partial charge is 0.345 e. The van der Waals surface area contributed by atoms with E-state index in [1.54, 1.807) is 24.3 Å². The van der Waals surface area contributed by atoms with E-state index in [0.29, 0.717) is 17.0 Å². The van der Waals surface area contributed by atoms with Crippen LogP contribution < -0.4 is 10.6 Å². The quantitative estimate of drug-likeness (QED) is 0.578. The molecule has 1 heterocycles. The van der Waals surface area contributed by atoms with Crippen molar-refractivity contribution in [2.45, 2.75) is 32.9 Å². The van der Waals surface area contributed by atoms with Crippen LogP contribution >= 0.6 is 11.6 Å². The van der Waals surface area contributed by atoms with E-state index in [-0.39, 0.29) is 30.8 Å². The Morgan fingerprint density at radius 3 is 2.26 bits per heavy atom. The second-order valence-electron chi connectivity index (χ2n) is 8.43. The van der Waals surface area contributed by atoms with Gasteiger partial charge in [-0.1, -0.05) is 66.2 Å². The molecule has 1 aliphatic rings. The molecule has 34 heavy (non-hydrogen) atoms. The van der Waals surface area contributed by atoms with Gasteiger partial charge in [0.2, 0.25) is 11.8 Å². The molecule has 2 N–H and O–H groups in total. The third-order valence-electron chi connectivity index (χ3n) is 6.09. The molecule has 1 aliphatic heterocycles. The highest BCUT2D eigenvalue weighted by Crippen LogP contribution is 2.27. The van der Waals surface area contributed by atoms with E-state index in [1.165, 1.54) is 4.90 Å². The first-order valence-electron chi connectivity index (χ1n) is 11.1. The predicted octanol–water partition coefficient (Wildman–Crippen LogP) is 4.28. The van der Waals surface area contributed by atoms with Gasteiger partial charge in [-0.3, -0.25) is 14.4 Å².